The summed E-state index contributed by atoms with van der Waals surface area (Å²) in [5.41, 5.74) is -3.54. The molecular weight excluding hydrogens is 899 g/mol. The molecule has 1 amide bonds. The van der Waals surface area contributed by atoms with Crippen LogP contribution in [0.4, 0.5) is 51.1 Å². The van der Waals surface area contributed by atoms with Gasteiger partial charge < -0.3 is 10.6 Å². The third-order valence-corrected chi connectivity index (χ3v) is 11.5. The first kappa shape index (κ1) is 43.7. The van der Waals surface area contributed by atoms with Gasteiger partial charge in [0.1, 0.15) is 41.2 Å². The van der Waals surface area contributed by atoms with Crippen LogP contribution in [0.2, 0.25) is 5.02 Å². The molecule has 0 spiro atoms. The van der Waals surface area contributed by atoms with Gasteiger partial charge in [0.05, 0.1) is 39.3 Å². The highest BCUT2D eigenvalue weighted by Gasteiger charge is 2.67. The number of anilines is 2. The van der Waals surface area contributed by atoms with Crippen LogP contribution in [0.5, 0.6) is 0 Å². The number of carbonyl (C=O) groups excluding carboxylic acids is 1. The van der Waals surface area contributed by atoms with E-state index >= 15 is 8.78 Å². The van der Waals surface area contributed by atoms with Crippen molar-refractivity contribution in [3.05, 3.63) is 97.8 Å². The fourth-order valence-electron chi connectivity index (χ4n) is 8.06. The van der Waals surface area contributed by atoms with Gasteiger partial charge in [-0.25, -0.2) is 35.9 Å². The summed E-state index contributed by atoms with van der Waals surface area (Å²) in [4.78, 5) is 37.8. The van der Waals surface area contributed by atoms with Gasteiger partial charge in [-0.2, -0.15) is 32.1 Å². The molecule has 334 valence electrons. The second-order valence-electron chi connectivity index (χ2n) is 15.2. The van der Waals surface area contributed by atoms with Crippen molar-refractivity contribution in [3.63, 3.8) is 0 Å². The Bertz CT molecular complexity index is 2990. The number of rotatable bonds is 14. The third kappa shape index (κ3) is 8.48. The second-order valence-corrected chi connectivity index (χ2v) is 17.4. The van der Waals surface area contributed by atoms with E-state index in [1.807, 2.05) is 0 Å². The molecular formula is C38H32ClF9N10O4S. The van der Waals surface area contributed by atoms with Crippen molar-refractivity contribution in [1.29, 1.82) is 0 Å². The lowest BCUT2D eigenvalue weighted by atomic mass is 10.0. The number of pyridine rings is 1. The average Bonchev–Trinajstić information content (AvgIpc) is 3.71. The monoisotopic (exact) mass is 930 g/mol. The highest BCUT2D eigenvalue weighted by atomic mass is 35.5. The summed E-state index contributed by atoms with van der Waals surface area (Å²) >= 11 is 6.56. The van der Waals surface area contributed by atoms with Crippen molar-refractivity contribution in [2.45, 2.75) is 62.7 Å². The Morgan fingerprint density at radius 1 is 1.05 bits per heavy atom. The number of halogens is 10. The van der Waals surface area contributed by atoms with Crippen LogP contribution < -0.4 is 20.9 Å². The van der Waals surface area contributed by atoms with E-state index in [9.17, 15) is 48.7 Å². The first-order chi connectivity index (χ1) is 29.5. The van der Waals surface area contributed by atoms with Crippen molar-refractivity contribution in [2.75, 3.05) is 22.8 Å². The standard InChI is InChI=1S/C38H32ClF9N10O4S/c1-56-30-24(6-5-22(39)28(30)34(54-56)55-63(2,61)62)58-35(52-33-19(36(58)60)4-7-25(51-33)49-9-3-8-37(44,45)46)23(12-16-10-17(40)13-18(41)11-16)50-26(59)15-57-31-27(29(53-57)32(42)43)20-14-21(20)38(31,47)48/h4-7,10-11,13,20-21,23,32H,3,8-9,12,14-15H2,1-2H3,(H,49,51)(H,50,59)(H,54,55)/t20-,21+,23-/m0/s1. The minimum atomic E-state index is -4.43. The van der Waals surface area contributed by atoms with Crippen LogP contribution in [0.3, 0.4) is 0 Å². The summed E-state index contributed by atoms with van der Waals surface area (Å²) in [5, 5.41) is 12.9. The number of hydrogen-bond acceptors (Lipinski definition) is 9. The van der Waals surface area contributed by atoms with Crippen LogP contribution in [-0.4, -0.2) is 67.4 Å². The molecule has 4 heterocycles. The van der Waals surface area contributed by atoms with Crippen LogP contribution in [0.1, 0.15) is 66.0 Å². The highest BCUT2D eigenvalue weighted by molar-refractivity contribution is 7.92. The summed E-state index contributed by atoms with van der Waals surface area (Å²) in [7, 11) is -2.58. The Morgan fingerprint density at radius 3 is 2.43 bits per heavy atom. The molecule has 25 heteroatoms. The quantitative estimate of drug-likeness (QED) is 0.0758. The van der Waals surface area contributed by atoms with Gasteiger partial charge in [0.15, 0.2) is 11.5 Å². The highest BCUT2D eigenvalue weighted by Crippen LogP contribution is 2.68. The van der Waals surface area contributed by atoms with Crippen LogP contribution in [0.25, 0.3) is 27.6 Å². The zero-order chi connectivity index (χ0) is 45.5. The van der Waals surface area contributed by atoms with Crippen LogP contribution in [0.15, 0.2) is 47.3 Å². The number of sulfonamides is 1. The smallest absolute Gasteiger partial charge is 0.370 e. The number of benzene rings is 2. The molecule has 2 aliphatic carbocycles. The van der Waals surface area contributed by atoms with Crippen molar-refractivity contribution < 1.29 is 52.7 Å². The van der Waals surface area contributed by atoms with Crippen molar-refractivity contribution in [1.82, 2.24) is 39.4 Å². The van der Waals surface area contributed by atoms with E-state index in [2.05, 4.69) is 35.5 Å². The molecule has 1 saturated carbocycles. The van der Waals surface area contributed by atoms with Gasteiger partial charge in [-0.05, 0) is 60.7 Å². The maximum Gasteiger partial charge on any atom is 0.389 e. The number of fused-ring (bicyclic) bond motifs is 5. The lowest BCUT2D eigenvalue weighted by Gasteiger charge is -2.24. The number of hydrogen-bond donors (Lipinski definition) is 3. The van der Waals surface area contributed by atoms with Gasteiger partial charge in [-0.3, -0.25) is 28.2 Å². The topological polar surface area (TPSA) is 171 Å². The molecule has 2 aliphatic rings. The lowest BCUT2D eigenvalue weighted by Crippen LogP contribution is -2.38. The number of aromatic nitrogens is 7. The van der Waals surface area contributed by atoms with Gasteiger partial charge in [-0.1, -0.05) is 11.6 Å². The first-order valence-electron chi connectivity index (χ1n) is 18.9. The van der Waals surface area contributed by atoms with Crippen molar-refractivity contribution in [3.8, 4) is 5.69 Å². The molecule has 14 nitrogen and oxygen atoms in total. The maximum absolute atomic E-state index is 15.5. The number of nitrogens with zero attached hydrogens (tertiary/aromatic N) is 7. The molecule has 0 aliphatic heterocycles. The van der Waals surface area contributed by atoms with Gasteiger partial charge in [0.25, 0.3) is 17.9 Å². The summed E-state index contributed by atoms with van der Waals surface area (Å²) in [5.74, 6) is -9.67. The van der Waals surface area contributed by atoms with E-state index in [1.165, 1.54) is 36.0 Å². The predicted octanol–water partition coefficient (Wildman–Crippen LogP) is 7.17. The Hall–Kier alpha value is -5.91. The van der Waals surface area contributed by atoms with Crippen LogP contribution in [0, 0.1) is 17.6 Å². The van der Waals surface area contributed by atoms with Gasteiger partial charge >= 0.3 is 6.18 Å². The Morgan fingerprint density at radius 2 is 1.76 bits per heavy atom. The normalized spacial score (nSPS) is 17.3. The second kappa shape index (κ2) is 15.7. The molecule has 0 unspecified atom stereocenters. The molecule has 0 radical (unpaired) electrons. The fraction of sp³-hybridized carbons (Fsp3) is 0.368. The van der Waals surface area contributed by atoms with Gasteiger partial charge in [0, 0.05) is 44.0 Å². The molecule has 2 aromatic carbocycles. The Kier molecular flexibility index (Phi) is 10.9. The zero-order valence-electron chi connectivity index (χ0n) is 32.5. The van der Waals surface area contributed by atoms with Crippen LogP contribution >= 0.6 is 11.6 Å². The predicted molar refractivity (Wildman–Crippen MR) is 210 cm³/mol. The average molecular weight is 931 g/mol. The number of nitrogens with one attached hydrogen (secondary N) is 3. The van der Waals surface area contributed by atoms with Crippen LogP contribution in [-0.2, 0) is 40.8 Å². The van der Waals surface area contributed by atoms with E-state index < -0.39 is 106 Å². The van der Waals surface area contributed by atoms with Crippen molar-refractivity contribution in [2.24, 2.45) is 13.0 Å². The number of amides is 1. The largest absolute Gasteiger partial charge is 0.389 e. The number of carbonyl (C=O) groups is 1. The van der Waals surface area contributed by atoms with Crippen molar-refractivity contribution >= 4 is 61.1 Å². The SMILES string of the molecule is Cn1nc(NS(C)(=O)=O)c2c(Cl)ccc(-n3c([C@H](Cc4cc(F)cc(F)c4)NC(=O)Cn4nc(C(F)F)c5c4C(F)(F)[C@@H]4C[C@H]54)nc4nc(NCCCC(F)(F)F)ccc4c3=O)c21. The molecule has 63 heavy (non-hydrogen) atoms. The lowest BCUT2D eigenvalue weighted by molar-refractivity contribution is -0.134. The molecule has 3 N–H and O–H groups in total. The molecule has 0 saturated heterocycles. The minimum Gasteiger partial charge on any atom is -0.370 e. The first-order valence-corrected chi connectivity index (χ1v) is 21.2. The molecule has 1 fully saturated rings. The van der Waals surface area contributed by atoms with Gasteiger partial charge in [0.2, 0.25) is 15.9 Å². The molecule has 4 aromatic heterocycles. The maximum atomic E-state index is 15.5. The fourth-order valence-corrected chi connectivity index (χ4v) is 8.80. The summed E-state index contributed by atoms with van der Waals surface area (Å²) in [6.45, 7) is -1.27. The number of aryl methyl sites for hydroxylation is 1. The van der Waals surface area contributed by atoms with Gasteiger partial charge in [-0.15, -0.1) is 0 Å². The molecule has 8 rings (SSSR count). The van der Waals surface area contributed by atoms with E-state index in [-0.39, 0.29) is 74.8 Å². The number of alkyl halides is 7. The van der Waals surface area contributed by atoms with E-state index in [4.69, 9.17) is 11.6 Å². The molecule has 3 atom stereocenters. The summed E-state index contributed by atoms with van der Waals surface area (Å²) in [6.07, 6.45) is -8.91. The minimum absolute atomic E-state index is 0.00861. The molecule has 0 bridgehead atoms. The Labute approximate surface area is 354 Å². The molecule has 6 aromatic rings. The summed E-state index contributed by atoms with van der Waals surface area (Å²) < 4.78 is 156. The Balaban J connectivity index is 1.30. The van der Waals surface area contributed by atoms with E-state index in [0.29, 0.717) is 10.7 Å². The summed E-state index contributed by atoms with van der Waals surface area (Å²) in [6, 6.07) is 5.89. The third-order valence-electron chi connectivity index (χ3n) is 10.6. The van der Waals surface area contributed by atoms with E-state index in [1.54, 1.807) is 0 Å². The zero-order valence-corrected chi connectivity index (χ0v) is 34.1. The van der Waals surface area contributed by atoms with E-state index in [0.717, 1.165) is 23.0 Å².